The zero-order chi connectivity index (χ0) is 14.7. The molecule has 0 saturated heterocycles. The van der Waals surface area contributed by atoms with E-state index in [4.69, 9.17) is 0 Å². The molecule has 1 aromatic heterocycles. The van der Waals surface area contributed by atoms with Gasteiger partial charge < -0.3 is 0 Å². The molecule has 0 saturated carbocycles. The number of hydrogen-bond acceptors (Lipinski definition) is 5. The molecule has 0 aliphatic heterocycles. The van der Waals surface area contributed by atoms with Crippen molar-refractivity contribution in [2.75, 3.05) is 0 Å². The lowest BCUT2D eigenvalue weighted by atomic mass is 10.1. The van der Waals surface area contributed by atoms with Crippen molar-refractivity contribution >= 4 is 39.2 Å². The molecule has 0 radical (unpaired) electrons. The molecule has 0 aliphatic carbocycles. The zero-order valence-corrected chi connectivity index (χ0v) is 12.8. The maximum Gasteiger partial charge on any atom is 0.270 e. The molecule has 2 rings (SSSR count). The minimum Gasteiger partial charge on any atom is -0.294 e. The molecule has 0 fully saturated rings. The molecular formula is C13H9BrN2O3S. The zero-order valence-electron chi connectivity index (χ0n) is 10.4. The quantitative estimate of drug-likeness (QED) is 0.470. The van der Waals surface area contributed by atoms with E-state index < -0.39 is 4.92 Å². The lowest BCUT2D eigenvalue weighted by Crippen LogP contribution is -1.98. The number of benzene rings is 1. The topological polar surface area (TPSA) is 73.1 Å². The molecule has 0 N–H and O–H groups in total. The van der Waals surface area contributed by atoms with Crippen molar-refractivity contribution in [3.8, 4) is 0 Å². The number of ketones is 1. The number of pyridine rings is 1. The Balaban J connectivity index is 2.44. The molecule has 5 nitrogen and oxygen atoms in total. The van der Waals surface area contributed by atoms with Gasteiger partial charge in [0.25, 0.3) is 5.69 Å². The number of carbonyl (C=O) groups excluding carboxylic acids is 1. The van der Waals surface area contributed by atoms with E-state index in [0.29, 0.717) is 15.5 Å². The van der Waals surface area contributed by atoms with Crippen molar-refractivity contribution in [2.24, 2.45) is 0 Å². The summed E-state index contributed by atoms with van der Waals surface area (Å²) in [5, 5.41) is 11.5. The van der Waals surface area contributed by atoms with Crippen LogP contribution in [-0.2, 0) is 0 Å². The van der Waals surface area contributed by atoms with Crippen molar-refractivity contribution in [1.29, 1.82) is 0 Å². The summed E-state index contributed by atoms with van der Waals surface area (Å²) in [6.45, 7) is 1.39. The van der Waals surface area contributed by atoms with Crippen molar-refractivity contribution in [1.82, 2.24) is 4.98 Å². The van der Waals surface area contributed by atoms with E-state index >= 15 is 0 Å². The molecule has 2 aromatic rings. The summed E-state index contributed by atoms with van der Waals surface area (Å²) < 4.78 is 0.804. The molecular weight excluding hydrogens is 344 g/mol. The molecule has 0 amide bonds. The first-order chi connectivity index (χ1) is 9.49. The Morgan fingerprint density at radius 1 is 1.40 bits per heavy atom. The third kappa shape index (κ3) is 3.23. The van der Waals surface area contributed by atoms with Gasteiger partial charge in [-0.25, -0.2) is 4.98 Å². The van der Waals surface area contributed by atoms with Crippen LogP contribution >= 0.6 is 27.7 Å². The smallest absolute Gasteiger partial charge is 0.270 e. The molecule has 1 heterocycles. The summed E-state index contributed by atoms with van der Waals surface area (Å²) in [5.41, 5.74) is 0.224. The third-order valence-electron chi connectivity index (χ3n) is 2.48. The number of rotatable bonds is 4. The van der Waals surface area contributed by atoms with Gasteiger partial charge in [-0.05, 0) is 41.1 Å². The maximum atomic E-state index is 11.6. The number of non-ortho nitro benzene ring substituents is 1. The molecule has 0 atom stereocenters. The molecule has 0 aliphatic rings. The fraction of sp³-hybridized carbons (Fsp3) is 0.0769. The standard InChI is InChI=1S/C13H9BrN2O3S/c1-8(17)10-7-9(16(18)19)4-5-12(10)20-13-11(14)3-2-6-15-13/h2-7H,1H3. The molecule has 0 spiro atoms. The number of aromatic nitrogens is 1. The fourth-order valence-electron chi connectivity index (χ4n) is 1.55. The van der Waals surface area contributed by atoms with Crippen LogP contribution in [0, 0.1) is 10.1 Å². The SMILES string of the molecule is CC(=O)c1cc([N+](=O)[O-])ccc1Sc1ncccc1Br. The lowest BCUT2D eigenvalue weighted by Gasteiger charge is -2.07. The average Bonchev–Trinajstić information content (AvgIpc) is 2.41. The minimum atomic E-state index is -0.516. The number of hydrogen-bond donors (Lipinski definition) is 0. The summed E-state index contributed by atoms with van der Waals surface area (Å²) in [6, 6.07) is 7.87. The first-order valence-corrected chi connectivity index (χ1v) is 7.17. The van der Waals surface area contributed by atoms with Gasteiger partial charge in [0.1, 0.15) is 5.03 Å². The Morgan fingerprint density at radius 2 is 2.15 bits per heavy atom. The Labute approximate surface area is 127 Å². The maximum absolute atomic E-state index is 11.6. The molecule has 1 aromatic carbocycles. The van der Waals surface area contributed by atoms with Crippen LogP contribution in [-0.4, -0.2) is 15.7 Å². The molecule has 0 unspecified atom stereocenters. The Morgan fingerprint density at radius 3 is 2.75 bits per heavy atom. The minimum absolute atomic E-state index is 0.0976. The summed E-state index contributed by atoms with van der Waals surface area (Å²) >= 11 is 4.66. The normalized spacial score (nSPS) is 10.3. The van der Waals surface area contributed by atoms with Gasteiger partial charge in [0.2, 0.25) is 0 Å². The van der Waals surface area contributed by atoms with E-state index in [9.17, 15) is 14.9 Å². The molecule has 7 heteroatoms. The highest BCUT2D eigenvalue weighted by Gasteiger charge is 2.16. The van der Waals surface area contributed by atoms with Crippen LogP contribution < -0.4 is 0 Å². The van der Waals surface area contributed by atoms with E-state index in [1.165, 1.54) is 30.8 Å². The Hall–Kier alpha value is -1.73. The van der Waals surface area contributed by atoms with Crippen LogP contribution in [0.2, 0.25) is 0 Å². The van der Waals surface area contributed by atoms with Crippen LogP contribution in [0.4, 0.5) is 5.69 Å². The van der Waals surface area contributed by atoms with Gasteiger partial charge in [-0.15, -0.1) is 0 Å². The Bertz CT molecular complexity index is 691. The number of nitro groups is 1. The number of carbonyl (C=O) groups is 1. The molecule has 0 bridgehead atoms. The van der Waals surface area contributed by atoms with Crippen molar-refractivity contribution in [2.45, 2.75) is 16.8 Å². The highest BCUT2D eigenvalue weighted by atomic mass is 79.9. The van der Waals surface area contributed by atoms with Gasteiger partial charge in [-0.3, -0.25) is 14.9 Å². The monoisotopic (exact) mass is 352 g/mol. The highest BCUT2D eigenvalue weighted by molar-refractivity contribution is 9.10. The number of nitrogens with zero attached hydrogens (tertiary/aromatic N) is 2. The first kappa shape index (κ1) is 14.7. The van der Waals surface area contributed by atoms with E-state index in [2.05, 4.69) is 20.9 Å². The van der Waals surface area contributed by atoms with Gasteiger partial charge in [0.05, 0.1) is 9.40 Å². The lowest BCUT2D eigenvalue weighted by molar-refractivity contribution is -0.384. The fourth-order valence-corrected chi connectivity index (χ4v) is 2.98. The van der Waals surface area contributed by atoms with Gasteiger partial charge in [-0.1, -0.05) is 11.8 Å². The summed E-state index contributed by atoms with van der Waals surface area (Å²) in [4.78, 5) is 26.7. The van der Waals surface area contributed by atoms with Gasteiger partial charge in [0.15, 0.2) is 5.78 Å². The number of halogens is 1. The largest absolute Gasteiger partial charge is 0.294 e. The van der Waals surface area contributed by atoms with Crippen LogP contribution in [0.1, 0.15) is 17.3 Å². The van der Waals surface area contributed by atoms with E-state index in [1.54, 1.807) is 18.3 Å². The predicted octanol–water partition coefficient (Wildman–Crippen LogP) is 4.11. The second-order valence-corrected chi connectivity index (χ2v) is 5.77. The predicted molar refractivity (Wildman–Crippen MR) is 79.2 cm³/mol. The third-order valence-corrected chi connectivity index (χ3v) is 4.48. The van der Waals surface area contributed by atoms with Gasteiger partial charge >= 0.3 is 0 Å². The van der Waals surface area contributed by atoms with E-state index in [1.807, 2.05) is 6.07 Å². The summed E-state index contributed by atoms with van der Waals surface area (Å²) in [5.74, 6) is -0.219. The summed E-state index contributed by atoms with van der Waals surface area (Å²) in [6.07, 6.45) is 1.64. The van der Waals surface area contributed by atoms with Crippen molar-refractivity contribution in [3.05, 3.63) is 56.7 Å². The van der Waals surface area contributed by atoms with Crippen LogP contribution in [0.3, 0.4) is 0 Å². The van der Waals surface area contributed by atoms with E-state index in [-0.39, 0.29) is 11.5 Å². The van der Waals surface area contributed by atoms with E-state index in [0.717, 1.165) is 4.47 Å². The number of Topliss-reactive ketones (excluding diaryl/α,β-unsaturated/α-hetero) is 1. The van der Waals surface area contributed by atoms with Crippen molar-refractivity contribution in [3.63, 3.8) is 0 Å². The van der Waals surface area contributed by atoms with Crippen LogP contribution in [0.5, 0.6) is 0 Å². The number of nitro benzene ring substituents is 1. The average molecular weight is 353 g/mol. The molecule has 102 valence electrons. The second kappa shape index (κ2) is 6.15. The first-order valence-electron chi connectivity index (χ1n) is 5.57. The second-order valence-electron chi connectivity index (χ2n) is 3.89. The molecule has 20 heavy (non-hydrogen) atoms. The van der Waals surface area contributed by atoms with Crippen LogP contribution in [0.25, 0.3) is 0 Å². The van der Waals surface area contributed by atoms with Gasteiger partial charge in [0, 0.05) is 28.8 Å². The van der Waals surface area contributed by atoms with Crippen LogP contribution in [0.15, 0.2) is 50.9 Å². The van der Waals surface area contributed by atoms with Gasteiger partial charge in [-0.2, -0.15) is 0 Å². The summed E-state index contributed by atoms with van der Waals surface area (Å²) in [7, 11) is 0. The highest BCUT2D eigenvalue weighted by Crippen LogP contribution is 2.35. The van der Waals surface area contributed by atoms with Crippen molar-refractivity contribution < 1.29 is 9.72 Å². The Kier molecular flexibility index (Phi) is 4.51.